The molecule has 1 N–H and O–H groups in total. The number of alkyl halides is 1. The van der Waals surface area contributed by atoms with Gasteiger partial charge in [0, 0.05) is 0 Å². The first-order valence-corrected chi connectivity index (χ1v) is 6.06. The van der Waals surface area contributed by atoms with Crippen molar-refractivity contribution in [3.63, 3.8) is 0 Å². The molecule has 0 aromatic rings. The average Bonchev–Trinajstić information content (AvgIpc) is 2.21. The first-order valence-electron chi connectivity index (χ1n) is 6.06. The van der Waals surface area contributed by atoms with Crippen LogP contribution in [0.3, 0.4) is 0 Å². The third-order valence-electron chi connectivity index (χ3n) is 2.57. The summed E-state index contributed by atoms with van der Waals surface area (Å²) in [5.74, 6) is 0. The molecular weight excluding hydrogens is 179 g/mol. The Morgan fingerprint density at radius 1 is 0.929 bits per heavy atom. The lowest BCUT2D eigenvalue weighted by Crippen LogP contribution is -2.04. The highest BCUT2D eigenvalue weighted by atomic mass is 19.1. The quantitative estimate of drug-likeness (QED) is 0.536. The van der Waals surface area contributed by atoms with Gasteiger partial charge in [-0.2, -0.15) is 0 Å². The predicted molar refractivity (Wildman–Crippen MR) is 59.2 cm³/mol. The normalized spacial score (nSPS) is 13.1. The topological polar surface area (TPSA) is 20.2 Å². The summed E-state index contributed by atoms with van der Waals surface area (Å²) in [6.07, 6.45) is 9.41. The van der Waals surface area contributed by atoms with Crippen molar-refractivity contribution in [2.75, 3.05) is 6.61 Å². The third-order valence-corrected chi connectivity index (χ3v) is 2.57. The molecular formula is C12H25FO. The zero-order valence-corrected chi connectivity index (χ0v) is 9.47. The fourth-order valence-electron chi connectivity index (χ4n) is 1.59. The third kappa shape index (κ3) is 9.97. The monoisotopic (exact) mass is 204 g/mol. The Labute approximate surface area is 87.7 Å². The molecule has 86 valence electrons. The number of hydrogen-bond acceptors (Lipinski definition) is 1. The summed E-state index contributed by atoms with van der Waals surface area (Å²) < 4.78 is 12.6. The van der Waals surface area contributed by atoms with Gasteiger partial charge in [-0.05, 0) is 6.42 Å². The van der Waals surface area contributed by atoms with Gasteiger partial charge in [0.15, 0.2) is 0 Å². The van der Waals surface area contributed by atoms with Gasteiger partial charge in [-0.15, -0.1) is 0 Å². The van der Waals surface area contributed by atoms with Crippen LogP contribution in [0.25, 0.3) is 0 Å². The van der Waals surface area contributed by atoms with E-state index in [1.807, 2.05) is 0 Å². The molecule has 0 fully saturated rings. The van der Waals surface area contributed by atoms with Crippen LogP contribution in [0.1, 0.15) is 64.7 Å². The molecule has 0 amide bonds. The first-order chi connectivity index (χ1) is 6.81. The lowest BCUT2D eigenvalue weighted by Gasteiger charge is -2.04. The molecule has 0 saturated heterocycles. The second-order valence-corrected chi connectivity index (χ2v) is 4.04. The summed E-state index contributed by atoms with van der Waals surface area (Å²) in [4.78, 5) is 0. The minimum atomic E-state index is -0.991. The van der Waals surface area contributed by atoms with Gasteiger partial charge in [-0.3, -0.25) is 0 Å². The van der Waals surface area contributed by atoms with Crippen LogP contribution in [0.5, 0.6) is 0 Å². The fraction of sp³-hybridized carbons (Fsp3) is 1.00. The maximum Gasteiger partial charge on any atom is 0.123 e. The summed E-state index contributed by atoms with van der Waals surface area (Å²) in [5.41, 5.74) is 0. The molecule has 0 aromatic heterocycles. The van der Waals surface area contributed by atoms with E-state index in [1.54, 1.807) is 0 Å². The fourth-order valence-corrected chi connectivity index (χ4v) is 1.59. The van der Waals surface area contributed by atoms with Crippen molar-refractivity contribution in [1.82, 2.24) is 0 Å². The number of halogens is 1. The molecule has 14 heavy (non-hydrogen) atoms. The zero-order chi connectivity index (χ0) is 10.6. The molecule has 1 nitrogen and oxygen atoms in total. The summed E-state index contributed by atoms with van der Waals surface area (Å²) in [6.45, 7) is 1.91. The van der Waals surface area contributed by atoms with Crippen LogP contribution in [-0.2, 0) is 0 Å². The standard InChI is InChI=1S/C12H25FO/c1-2-3-4-5-6-7-8-9-10-12(13)11-14/h12,14H,2-11H2,1H3/t12-/m1/s1. The van der Waals surface area contributed by atoms with Crippen molar-refractivity contribution in [3.05, 3.63) is 0 Å². The minimum Gasteiger partial charge on any atom is -0.393 e. The number of unbranched alkanes of at least 4 members (excludes halogenated alkanes) is 7. The molecule has 0 aliphatic carbocycles. The van der Waals surface area contributed by atoms with Crippen molar-refractivity contribution in [3.8, 4) is 0 Å². The number of hydrogen-bond donors (Lipinski definition) is 1. The Kier molecular flexibility index (Phi) is 10.9. The molecule has 1 atom stereocenters. The van der Waals surface area contributed by atoms with E-state index in [0.717, 1.165) is 12.8 Å². The molecule has 0 unspecified atom stereocenters. The number of aliphatic hydroxyl groups excluding tert-OH is 1. The summed E-state index contributed by atoms with van der Waals surface area (Å²) in [5, 5.41) is 8.46. The van der Waals surface area contributed by atoms with Crippen LogP contribution < -0.4 is 0 Å². The molecule has 0 bridgehead atoms. The Morgan fingerprint density at radius 3 is 1.93 bits per heavy atom. The zero-order valence-electron chi connectivity index (χ0n) is 9.47. The highest BCUT2D eigenvalue weighted by Crippen LogP contribution is 2.11. The van der Waals surface area contributed by atoms with E-state index in [2.05, 4.69) is 6.92 Å². The molecule has 0 radical (unpaired) electrons. The largest absolute Gasteiger partial charge is 0.393 e. The van der Waals surface area contributed by atoms with Gasteiger partial charge in [0.2, 0.25) is 0 Å². The van der Waals surface area contributed by atoms with Gasteiger partial charge in [0.05, 0.1) is 6.61 Å². The lowest BCUT2D eigenvalue weighted by atomic mass is 10.1. The summed E-state index contributed by atoms with van der Waals surface area (Å²) in [7, 11) is 0. The van der Waals surface area contributed by atoms with Gasteiger partial charge < -0.3 is 5.11 Å². The molecule has 0 rings (SSSR count). The Hall–Kier alpha value is -0.110. The molecule has 0 aliphatic rings. The second kappa shape index (κ2) is 11.0. The van der Waals surface area contributed by atoms with Gasteiger partial charge in [-0.1, -0.05) is 58.3 Å². The molecule has 0 aromatic carbocycles. The van der Waals surface area contributed by atoms with Crippen molar-refractivity contribution >= 4 is 0 Å². The summed E-state index contributed by atoms with van der Waals surface area (Å²) >= 11 is 0. The van der Waals surface area contributed by atoms with E-state index >= 15 is 0 Å². The predicted octanol–water partition coefficient (Wildman–Crippen LogP) is 3.85. The minimum absolute atomic E-state index is 0.309. The Morgan fingerprint density at radius 2 is 1.43 bits per heavy atom. The SMILES string of the molecule is CCCCCCCCCC[C@@H](F)CO. The van der Waals surface area contributed by atoms with Crippen molar-refractivity contribution < 1.29 is 9.50 Å². The van der Waals surface area contributed by atoms with E-state index in [9.17, 15) is 4.39 Å². The Balaban J connectivity index is 2.92. The molecule has 0 saturated carbocycles. The maximum absolute atomic E-state index is 12.6. The number of aliphatic hydroxyl groups is 1. The summed E-state index contributed by atoms with van der Waals surface area (Å²) in [6, 6.07) is 0. The van der Waals surface area contributed by atoms with Crippen LogP contribution in [0.4, 0.5) is 4.39 Å². The van der Waals surface area contributed by atoms with E-state index in [0.29, 0.717) is 6.42 Å². The van der Waals surface area contributed by atoms with Crippen LogP contribution in [0, 0.1) is 0 Å². The van der Waals surface area contributed by atoms with Crippen LogP contribution in [-0.4, -0.2) is 17.9 Å². The van der Waals surface area contributed by atoms with Crippen molar-refractivity contribution in [1.29, 1.82) is 0 Å². The second-order valence-electron chi connectivity index (χ2n) is 4.04. The van der Waals surface area contributed by atoms with E-state index in [1.165, 1.54) is 38.5 Å². The average molecular weight is 204 g/mol. The first kappa shape index (κ1) is 13.9. The van der Waals surface area contributed by atoms with Crippen molar-refractivity contribution in [2.45, 2.75) is 70.9 Å². The highest BCUT2D eigenvalue weighted by Gasteiger charge is 2.02. The Bertz CT molecular complexity index is 106. The van der Waals surface area contributed by atoms with Gasteiger partial charge in [0.25, 0.3) is 0 Å². The van der Waals surface area contributed by atoms with Gasteiger partial charge >= 0.3 is 0 Å². The van der Waals surface area contributed by atoms with Gasteiger partial charge in [-0.25, -0.2) is 4.39 Å². The highest BCUT2D eigenvalue weighted by molar-refractivity contribution is 4.54. The molecule has 2 heteroatoms. The molecule has 0 spiro atoms. The molecule has 0 aliphatic heterocycles. The lowest BCUT2D eigenvalue weighted by molar-refractivity contribution is 0.167. The smallest absolute Gasteiger partial charge is 0.123 e. The van der Waals surface area contributed by atoms with E-state index in [-0.39, 0.29) is 6.61 Å². The number of rotatable bonds is 10. The van der Waals surface area contributed by atoms with E-state index < -0.39 is 6.17 Å². The van der Waals surface area contributed by atoms with Crippen molar-refractivity contribution in [2.24, 2.45) is 0 Å². The van der Waals surface area contributed by atoms with Crippen LogP contribution in [0.15, 0.2) is 0 Å². The van der Waals surface area contributed by atoms with Crippen LogP contribution in [0.2, 0.25) is 0 Å². The van der Waals surface area contributed by atoms with Crippen LogP contribution >= 0.6 is 0 Å². The van der Waals surface area contributed by atoms with E-state index in [4.69, 9.17) is 5.11 Å². The molecule has 0 heterocycles. The van der Waals surface area contributed by atoms with Gasteiger partial charge in [0.1, 0.15) is 6.17 Å². The maximum atomic E-state index is 12.6.